The lowest BCUT2D eigenvalue weighted by atomic mass is 10.1. The number of benzene rings is 2. The fourth-order valence-electron chi connectivity index (χ4n) is 2.01. The van der Waals surface area contributed by atoms with Gasteiger partial charge in [-0.3, -0.25) is 0 Å². The van der Waals surface area contributed by atoms with E-state index >= 15 is 0 Å². The summed E-state index contributed by atoms with van der Waals surface area (Å²) in [7, 11) is 0. The maximum Gasteiger partial charge on any atom is 0.290 e. The Balaban J connectivity index is 2.09. The average molecular weight is 283 g/mol. The summed E-state index contributed by atoms with van der Waals surface area (Å²) < 4.78 is 0.773. The summed E-state index contributed by atoms with van der Waals surface area (Å²) in [6.07, 6.45) is 1.28. The van der Waals surface area contributed by atoms with Crippen molar-refractivity contribution in [2.24, 2.45) is 0 Å². The van der Waals surface area contributed by atoms with Gasteiger partial charge in [0.25, 0.3) is 6.33 Å². The highest BCUT2D eigenvalue weighted by molar-refractivity contribution is 6.30. The standard InChI is InChI=1S/C16H11ClN2O/c17-14-8-6-12(7-9-14)15-10-16(19(20)11-18-15)13-4-2-1-3-5-13/h1-11H. The van der Waals surface area contributed by atoms with Gasteiger partial charge in [0.2, 0.25) is 0 Å². The molecule has 2 aromatic carbocycles. The molecule has 0 amide bonds. The topological polar surface area (TPSA) is 39.8 Å². The molecule has 20 heavy (non-hydrogen) atoms. The Morgan fingerprint density at radius 3 is 2.30 bits per heavy atom. The average Bonchev–Trinajstić information content (AvgIpc) is 2.50. The Bertz CT molecular complexity index is 727. The van der Waals surface area contributed by atoms with Crippen molar-refractivity contribution in [1.82, 2.24) is 4.98 Å². The van der Waals surface area contributed by atoms with E-state index in [1.807, 2.05) is 42.5 Å². The first kappa shape index (κ1) is 12.6. The summed E-state index contributed by atoms with van der Waals surface area (Å²) in [5.41, 5.74) is 3.10. The van der Waals surface area contributed by atoms with Crippen molar-refractivity contribution in [2.75, 3.05) is 0 Å². The molecule has 0 fully saturated rings. The van der Waals surface area contributed by atoms with Gasteiger partial charge in [-0.05, 0) is 29.2 Å². The summed E-state index contributed by atoms with van der Waals surface area (Å²) in [6.45, 7) is 0. The first-order valence-electron chi connectivity index (χ1n) is 6.14. The molecule has 0 aliphatic heterocycles. The molecule has 1 aromatic heterocycles. The third kappa shape index (κ3) is 2.49. The van der Waals surface area contributed by atoms with E-state index in [9.17, 15) is 5.21 Å². The largest absolute Gasteiger partial charge is 0.710 e. The van der Waals surface area contributed by atoms with Crippen molar-refractivity contribution < 1.29 is 4.73 Å². The second-order valence-corrected chi connectivity index (χ2v) is 4.79. The van der Waals surface area contributed by atoms with Gasteiger partial charge in [0.1, 0.15) is 5.69 Å². The summed E-state index contributed by atoms with van der Waals surface area (Å²) in [5, 5.41) is 12.6. The SMILES string of the molecule is [O-][n+]1cnc(-c2ccc(Cl)cc2)cc1-c1ccccc1. The van der Waals surface area contributed by atoms with E-state index in [1.54, 1.807) is 18.2 Å². The van der Waals surface area contributed by atoms with E-state index in [1.165, 1.54) is 6.33 Å². The zero-order chi connectivity index (χ0) is 13.9. The van der Waals surface area contributed by atoms with E-state index in [0.717, 1.165) is 21.6 Å². The summed E-state index contributed by atoms with van der Waals surface area (Å²) in [4.78, 5) is 4.17. The lowest BCUT2D eigenvalue weighted by molar-refractivity contribution is -0.597. The molecule has 0 aliphatic carbocycles. The minimum Gasteiger partial charge on any atom is -0.710 e. The van der Waals surface area contributed by atoms with E-state index in [2.05, 4.69) is 4.98 Å². The van der Waals surface area contributed by atoms with E-state index < -0.39 is 0 Å². The third-order valence-electron chi connectivity index (χ3n) is 3.02. The van der Waals surface area contributed by atoms with Crippen molar-refractivity contribution in [2.45, 2.75) is 0 Å². The van der Waals surface area contributed by atoms with E-state index in [-0.39, 0.29) is 0 Å². The molecule has 1 heterocycles. The third-order valence-corrected chi connectivity index (χ3v) is 3.27. The van der Waals surface area contributed by atoms with Crippen molar-refractivity contribution in [3.63, 3.8) is 0 Å². The molecule has 0 bridgehead atoms. The van der Waals surface area contributed by atoms with Gasteiger partial charge in [-0.15, -0.1) is 0 Å². The monoisotopic (exact) mass is 282 g/mol. The van der Waals surface area contributed by atoms with Crippen LogP contribution in [-0.2, 0) is 0 Å². The number of hydrogen-bond acceptors (Lipinski definition) is 2. The van der Waals surface area contributed by atoms with Crippen LogP contribution >= 0.6 is 11.6 Å². The Morgan fingerprint density at radius 1 is 0.900 bits per heavy atom. The van der Waals surface area contributed by atoms with Crippen LogP contribution in [0.15, 0.2) is 67.0 Å². The van der Waals surface area contributed by atoms with Gasteiger partial charge >= 0.3 is 0 Å². The van der Waals surface area contributed by atoms with E-state index in [0.29, 0.717) is 10.7 Å². The molecule has 3 nitrogen and oxygen atoms in total. The lowest BCUT2D eigenvalue weighted by Crippen LogP contribution is -2.29. The molecule has 0 atom stereocenters. The molecule has 98 valence electrons. The Morgan fingerprint density at radius 2 is 1.60 bits per heavy atom. The molecule has 4 heteroatoms. The van der Waals surface area contributed by atoms with Gasteiger partial charge in [-0.25, -0.2) is 4.73 Å². The highest BCUT2D eigenvalue weighted by Gasteiger charge is 2.11. The maximum atomic E-state index is 11.9. The van der Waals surface area contributed by atoms with Crippen LogP contribution in [0.2, 0.25) is 5.02 Å². The van der Waals surface area contributed by atoms with Crippen molar-refractivity contribution in [3.8, 4) is 22.5 Å². The van der Waals surface area contributed by atoms with Gasteiger partial charge in [0.05, 0.1) is 0 Å². The zero-order valence-corrected chi connectivity index (χ0v) is 11.3. The highest BCUT2D eigenvalue weighted by atomic mass is 35.5. The molecule has 3 rings (SSSR count). The number of nitrogens with zero attached hydrogens (tertiary/aromatic N) is 2. The Hall–Kier alpha value is -2.39. The molecule has 3 aromatic rings. The van der Waals surface area contributed by atoms with Gasteiger partial charge < -0.3 is 5.21 Å². The smallest absolute Gasteiger partial charge is 0.290 e. The number of aromatic nitrogens is 2. The van der Waals surface area contributed by atoms with Crippen LogP contribution in [0, 0.1) is 5.21 Å². The van der Waals surface area contributed by atoms with Crippen molar-refractivity contribution >= 4 is 11.6 Å². The van der Waals surface area contributed by atoms with Gasteiger partial charge in [0, 0.05) is 22.2 Å². The fourth-order valence-corrected chi connectivity index (χ4v) is 2.13. The van der Waals surface area contributed by atoms with Crippen LogP contribution in [0.25, 0.3) is 22.5 Å². The normalized spacial score (nSPS) is 10.4. The van der Waals surface area contributed by atoms with Crippen LogP contribution in [0.3, 0.4) is 0 Å². The minimum absolute atomic E-state index is 0.575. The second kappa shape index (κ2) is 5.31. The molecule has 0 spiro atoms. The second-order valence-electron chi connectivity index (χ2n) is 4.36. The fraction of sp³-hybridized carbons (Fsp3) is 0. The van der Waals surface area contributed by atoms with Crippen LogP contribution in [-0.4, -0.2) is 4.98 Å². The molecular formula is C16H11ClN2O. The summed E-state index contributed by atoms with van der Waals surface area (Å²) >= 11 is 5.88. The molecule has 0 N–H and O–H groups in total. The van der Waals surface area contributed by atoms with Gasteiger partial charge in [-0.2, -0.15) is 0 Å². The highest BCUT2D eigenvalue weighted by Crippen LogP contribution is 2.22. The molecule has 0 saturated carbocycles. The van der Waals surface area contributed by atoms with Crippen molar-refractivity contribution in [1.29, 1.82) is 0 Å². The van der Waals surface area contributed by atoms with Crippen LogP contribution in [0.5, 0.6) is 0 Å². The molecule has 0 aliphatic rings. The van der Waals surface area contributed by atoms with Crippen LogP contribution in [0.4, 0.5) is 0 Å². The Kier molecular flexibility index (Phi) is 3.35. The predicted octanol–water partition coefficient (Wildman–Crippen LogP) is 3.70. The summed E-state index contributed by atoms with van der Waals surface area (Å²) in [5.74, 6) is 0. The maximum absolute atomic E-state index is 11.9. The molecule has 0 unspecified atom stereocenters. The van der Waals surface area contributed by atoms with Gasteiger partial charge in [-0.1, -0.05) is 41.9 Å². The quantitative estimate of drug-likeness (QED) is 0.531. The molecular weight excluding hydrogens is 272 g/mol. The van der Waals surface area contributed by atoms with Crippen LogP contribution < -0.4 is 4.73 Å². The molecule has 0 radical (unpaired) electrons. The van der Waals surface area contributed by atoms with E-state index in [4.69, 9.17) is 11.6 Å². The zero-order valence-electron chi connectivity index (χ0n) is 10.5. The molecule has 0 saturated heterocycles. The number of hydrogen-bond donors (Lipinski definition) is 0. The number of halogens is 1. The number of rotatable bonds is 2. The van der Waals surface area contributed by atoms with Crippen LogP contribution in [0.1, 0.15) is 0 Å². The first-order chi connectivity index (χ1) is 9.74. The first-order valence-corrected chi connectivity index (χ1v) is 6.52. The minimum atomic E-state index is 0.575. The predicted molar refractivity (Wildman–Crippen MR) is 79.1 cm³/mol. The van der Waals surface area contributed by atoms with Gasteiger partial charge in [0.15, 0.2) is 5.69 Å². The summed E-state index contributed by atoms with van der Waals surface area (Å²) in [6, 6.07) is 18.7. The lowest BCUT2D eigenvalue weighted by Gasteiger charge is -2.08. The van der Waals surface area contributed by atoms with Crippen molar-refractivity contribution in [3.05, 3.63) is 77.2 Å². The Labute approximate surface area is 121 Å².